The van der Waals surface area contributed by atoms with Gasteiger partial charge in [0.25, 0.3) is 0 Å². The number of ether oxygens (including phenoxy) is 2. The molecule has 2 rings (SSSR count). The van der Waals surface area contributed by atoms with Crippen molar-refractivity contribution in [3.8, 4) is 11.5 Å². The fraction of sp³-hybridized carbons (Fsp3) is 0.400. The first-order valence-electron chi connectivity index (χ1n) is 4.40. The van der Waals surface area contributed by atoms with Crippen LogP contribution in [-0.4, -0.2) is 19.3 Å². The molecule has 3 heteroatoms. The summed E-state index contributed by atoms with van der Waals surface area (Å²) in [6.45, 7) is 3.07. The van der Waals surface area contributed by atoms with E-state index in [0.29, 0.717) is 13.2 Å². The van der Waals surface area contributed by atoms with E-state index in [2.05, 4.69) is 0 Å². The molecule has 1 heterocycles. The molecule has 0 spiro atoms. The van der Waals surface area contributed by atoms with Crippen molar-refractivity contribution in [3.63, 3.8) is 0 Å². The van der Waals surface area contributed by atoms with Gasteiger partial charge in [-0.05, 0) is 24.6 Å². The van der Waals surface area contributed by atoms with Gasteiger partial charge in [-0.1, -0.05) is 6.07 Å². The van der Waals surface area contributed by atoms with Crippen LogP contribution in [0.5, 0.6) is 11.5 Å². The molecule has 2 N–H and O–H groups in total. The lowest BCUT2D eigenvalue weighted by Crippen LogP contribution is -2.35. The van der Waals surface area contributed by atoms with Gasteiger partial charge in [0, 0.05) is 6.54 Å². The Labute approximate surface area is 77.5 Å². The third-order valence-electron chi connectivity index (χ3n) is 2.08. The lowest BCUT2D eigenvalue weighted by molar-refractivity contribution is 0.0968. The van der Waals surface area contributed by atoms with Crippen LogP contribution in [0, 0.1) is 6.92 Å². The summed E-state index contributed by atoms with van der Waals surface area (Å²) in [5.74, 6) is 1.62. The number of fused-ring (bicyclic) bond motifs is 1. The monoisotopic (exact) mass is 179 g/mol. The Morgan fingerprint density at radius 2 is 2.31 bits per heavy atom. The normalized spacial score (nSPS) is 20.0. The Hall–Kier alpha value is -1.22. The van der Waals surface area contributed by atoms with Gasteiger partial charge in [0.15, 0.2) is 11.5 Å². The van der Waals surface area contributed by atoms with E-state index in [4.69, 9.17) is 15.2 Å². The highest BCUT2D eigenvalue weighted by molar-refractivity contribution is 5.43. The van der Waals surface area contributed by atoms with E-state index in [-0.39, 0.29) is 6.10 Å². The smallest absolute Gasteiger partial charge is 0.161 e. The fourth-order valence-corrected chi connectivity index (χ4v) is 1.34. The number of rotatable bonds is 1. The Bertz CT molecular complexity index is 312. The molecule has 0 aliphatic carbocycles. The predicted octanol–water partition coefficient (Wildman–Crippen LogP) is 1.09. The number of nitrogens with two attached hydrogens (primary N) is 1. The first-order valence-corrected chi connectivity index (χ1v) is 4.40. The summed E-state index contributed by atoms with van der Waals surface area (Å²) >= 11 is 0. The Balaban J connectivity index is 2.26. The Kier molecular flexibility index (Phi) is 2.10. The molecule has 0 amide bonds. The summed E-state index contributed by atoms with van der Waals surface area (Å²) in [7, 11) is 0. The van der Waals surface area contributed by atoms with E-state index in [1.165, 1.54) is 5.56 Å². The molecule has 13 heavy (non-hydrogen) atoms. The lowest BCUT2D eigenvalue weighted by Gasteiger charge is -2.25. The van der Waals surface area contributed by atoms with Gasteiger partial charge in [-0.2, -0.15) is 0 Å². The highest BCUT2D eigenvalue weighted by atomic mass is 16.6. The SMILES string of the molecule is Cc1ccc2c(c1)OCC(CN)O2. The summed E-state index contributed by atoms with van der Waals surface area (Å²) < 4.78 is 11.1. The van der Waals surface area contributed by atoms with Crippen molar-refractivity contribution >= 4 is 0 Å². The molecule has 1 atom stereocenters. The van der Waals surface area contributed by atoms with Gasteiger partial charge < -0.3 is 15.2 Å². The van der Waals surface area contributed by atoms with Crippen molar-refractivity contribution in [1.82, 2.24) is 0 Å². The molecule has 0 saturated carbocycles. The number of hydrogen-bond donors (Lipinski definition) is 1. The molecule has 1 unspecified atom stereocenters. The van der Waals surface area contributed by atoms with E-state index in [1.807, 2.05) is 25.1 Å². The van der Waals surface area contributed by atoms with Gasteiger partial charge in [0.2, 0.25) is 0 Å². The van der Waals surface area contributed by atoms with E-state index in [9.17, 15) is 0 Å². The highest BCUT2D eigenvalue weighted by Crippen LogP contribution is 2.31. The summed E-state index contributed by atoms with van der Waals surface area (Å²) in [5.41, 5.74) is 6.66. The minimum Gasteiger partial charge on any atom is -0.486 e. The summed E-state index contributed by atoms with van der Waals surface area (Å²) in [6.07, 6.45) is -0.00444. The van der Waals surface area contributed by atoms with Crippen LogP contribution in [0.15, 0.2) is 18.2 Å². The zero-order valence-electron chi connectivity index (χ0n) is 7.62. The van der Waals surface area contributed by atoms with Gasteiger partial charge in [-0.25, -0.2) is 0 Å². The van der Waals surface area contributed by atoms with Gasteiger partial charge in [0.05, 0.1) is 0 Å². The summed E-state index contributed by atoms with van der Waals surface area (Å²) in [6, 6.07) is 5.90. The number of benzene rings is 1. The zero-order chi connectivity index (χ0) is 9.26. The second kappa shape index (κ2) is 3.26. The summed E-state index contributed by atoms with van der Waals surface area (Å²) in [4.78, 5) is 0. The first kappa shape index (κ1) is 8.38. The van der Waals surface area contributed by atoms with Crippen molar-refractivity contribution in [1.29, 1.82) is 0 Å². The molecule has 0 saturated heterocycles. The van der Waals surface area contributed by atoms with Crippen LogP contribution in [0.4, 0.5) is 0 Å². The van der Waals surface area contributed by atoms with Gasteiger partial charge >= 0.3 is 0 Å². The van der Waals surface area contributed by atoms with E-state index in [0.717, 1.165) is 11.5 Å². The average Bonchev–Trinajstić information content (AvgIpc) is 2.17. The maximum atomic E-state index is 5.59. The molecule has 1 aromatic rings. The molecular weight excluding hydrogens is 166 g/mol. The molecule has 1 aliphatic rings. The van der Waals surface area contributed by atoms with Gasteiger partial charge in [0.1, 0.15) is 12.7 Å². The average molecular weight is 179 g/mol. The van der Waals surface area contributed by atoms with Gasteiger partial charge in [-0.3, -0.25) is 0 Å². The first-order chi connectivity index (χ1) is 6.29. The molecule has 0 radical (unpaired) electrons. The maximum absolute atomic E-state index is 5.59. The van der Waals surface area contributed by atoms with Crippen molar-refractivity contribution in [2.24, 2.45) is 5.73 Å². The summed E-state index contributed by atoms with van der Waals surface area (Å²) in [5, 5.41) is 0. The minimum absolute atomic E-state index is 0.00444. The van der Waals surface area contributed by atoms with Crippen molar-refractivity contribution in [2.45, 2.75) is 13.0 Å². The number of aryl methyl sites for hydroxylation is 1. The maximum Gasteiger partial charge on any atom is 0.161 e. The van der Waals surface area contributed by atoms with E-state index < -0.39 is 0 Å². The van der Waals surface area contributed by atoms with E-state index >= 15 is 0 Å². The molecule has 1 aromatic carbocycles. The van der Waals surface area contributed by atoms with Crippen LogP contribution in [0.2, 0.25) is 0 Å². The van der Waals surface area contributed by atoms with Crippen molar-refractivity contribution < 1.29 is 9.47 Å². The highest BCUT2D eigenvalue weighted by Gasteiger charge is 2.18. The van der Waals surface area contributed by atoms with E-state index in [1.54, 1.807) is 0 Å². The molecular formula is C10H13NO2. The van der Waals surface area contributed by atoms with Crippen LogP contribution in [-0.2, 0) is 0 Å². The third-order valence-corrected chi connectivity index (χ3v) is 2.08. The van der Waals surface area contributed by atoms with Crippen LogP contribution in [0.25, 0.3) is 0 Å². The van der Waals surface area contributed by atoms with Crippen LogP contribution in [0.3, 0.4) is 0 Å². The molecule has 3 nitrogen and oxygen atoms in total. The third kappa shape index (κ3) is 1.60. The fourth-order valence-electron chi connectivity index (χ4n) is 1.34. The largest absolute Gasteiger partial charge is 0.486 e. The molecule has 70 valence electrons. The van der Waals surface area contributed by atoms with Crippen LogP contribution in [0.1, 0.15) is 5.56 Å². The van der Waals surface area contributed by atoms with Crippen LogP contribution < -0.4 is 15.2 Å². The van der Waals surface area contributed by atoms with Crippen LogP contribution >= 0.6 is 0 Å². The molecule has 0 bridgehead atoms. The molecule has 0 aromatic heterocycles. The van der Waals surface area contributed by atoms with Gasteiger partial charge in [-0.15, -0.1) is 0 Å². The second-order valence-corrected chi connectivity index (χ2v) is 3.24. The topological polar surface area (TPSA) is 44.5 Å². The lowest BCUT2D eigenvalue weighted by atomic mass is 10.2. The quantitative estimate of drug-likeness (QED) is 0.702. The minimum atomic E-state index is -0.00444. The zero-order valence-corrected chi connectivity index (χ0v) is 7.62. The predicted molar refractivity (Wildman–Crippen MR) is 50.1 cm³/mol. The number of hydrogen-bond acceptors (Lipinski definition) is 3. The Morgan fingerprint density at radius 3 is 3.08 bits per heavy atom. The second-order valence-electron chi connectivity index (χ2n) is 3.24. The van der Waals surface area contributed by atoms with Crippen molar-refractivity contribution in [3.05, 3.63) is 23.8 Å². The molecule has 0 fully saturated rings. The van der Waals surface area contributed by atoms with Crippen molar-refractivity contribution in [2.75, 3.05) is 13.2 Å². The standard InChI is InChI=1S/C10H13NO2/c1-7-2-3-9-10(4-7)12-6-8(5-11)13-9/h2-4,8H,5-6,11H2,1H3. The molecule has 1 aliphatic heterocycles. The Morgan fingerprint density at radius 1 is 1.46 bits per heavy atom.